The molecule has 1 aliphatic heterocycles. The van der Waals surface area contributed by atoms with Gasteiger partial charge in [-0.15, -0.1) is 5.10 Å². The van der Waals surface area contributed by atoms with Crippen molar-refractivity contribution in [3.8, 4) is 5.69 Å². The summed E-state index contributed by atoms with van der Waals surface area (Å²) in [6, 6.07) is 7.38. The van der Waals surface area contributed by atoms with E-state index < -0.39 is 9.84 Å². The molecule has 1 amide bonds. The van der Waals surface area contributed by atoms with Crippen LogP contribution in [0.15, 0.2) is 24.3 Å². The second-order valence-corrected chi connectivity index (χ2v) is 8.07. The number of rotatable bonds is 3. The van der Waals surface area contributed by atoms with Crippen LogP contribution in [-0.4, -0.2) is 46.9 Å². The van der Waals surface area contributed by atoms with Crippen molar-refractivity contribution in [2.75, 3.05) is 11.5 Å². The van der Waals surface area contributed by atoms with Gasteiger partial charge in [-0.05, 0) is 32.4 Å². The lowest BCUT2D eigenvalue weighted by Gasteiger charge is -2.09. The molecular formula is C15H18N4O3S. The molecule has 2 heterocycles. The third-order valence-electron chi connectivity index (χ3n) is 3.96. The minimum atomic E-state index is -3.03. The molecule has 2 aromatic rings. The van der Waals surface area contributed by atoms with Crippen LogP contribution in [0.3, 0.4) is 0 Å². The number of nitrogens with one attached hydrogen (secondary N) is 1. The topological polar surface area (TPSA) is 93.9 Å². The number of aryl methyl sites for hydroxylation is 1. The second kappa shape index (κ2) is 5.77. The number of benzene rings is 1. The van der Waals surface area contributed by atoms with Crippen molar-refractivity contribution >= 4 is 15.7 Å². The third-order valence-corrected chi connectivity index (χ3v) is 5.72. The molecule has 122 valence electrons. The fourth-order valence-corrected chi connectivity index (χ4v) is 4.31. The summed E-state index contributed by atoms with van der Waals surface area (Å²) >= 11 is 0. The van der Waals surface area contributed by atoms with Crippen LogP contribution < -0.4 is 5.32 Å². The summed E-state index contributed by atoms with van der Waals surface area (Å²) < 4.78 is 24.5. The summed E-state index contributed by atoms with van der Waals surface area (Å²) in [5, 5.41) is 10.7. The van der Waals surface area contributed by atoms with Crippen molar-refractivity contribution in [2.24, 2.45) is 0 Å². The molecule has 7 nitrogen and oxygen atoms in total. The molecule has 0 unspecified atom stereocenters. The van der Waals surface area contributed by atoms with Crippen LogP contribution in [0.1, 0.15) is 28.2 Å². The largest absolute Gasteiger partial charge is 0.347 e. The first-order chi connectivity index (χ1) is 10.9. The lowest BCUT2D eigenvalue weighted by molar-refractivity contribution is 0.0935. The monoisotopic (exact) mass is 334 g/mol. The molecule has 0 spiro atoms. The normalized spacial score (nSPS) is 19.7. The van der Waals surface area contributed by atoms with E-state index in [1.807, 2.05) is 31.2 Å². The molecule has 1 aromatic heterocycles. The summed E-state index contributed by atoms with van der Waals surface area (Å²) in [7, 11) is -3.03. The standard InChI is InChI=1S/C15H18N4O3S/c1-10-3-5-13(6-4-10)19-11(2)14(17-18-19)15(20)16-12-7-8-23(21,22)9-12/h3-6,12H,7-9H2,1-2H3,(H,16,20)/t12-/m1/s1. The molecule has 1 aliphatic rings. The molecule has 1 atom stereocenters. The highest BCUT2D eigenvalue weighted by Gasteiger charge is 2.30. The predicted octanol–water partition coefficient (Wildman–Crippen LogP) is 0.801. The van der Waals surface area contributed by atoms with Crippen molar-refractivity contribution in [1.82, 2.24) is 20.3 Å². The molecular weight excluding hydrogens is 316 g/mol. The molecule has 1 aromatic carbocycles. The molecule has 0 radical (unpaired) electrons. The summed E-state index contributed by atoms with van der Waals surface area (Å²) in [5.74, 6) is -0.278. The zero-order valence-corrected chi connectivity index (χ0v) is 13.8. The molecule has 3 rings (SSSR count). The lowest BCUT2D eigenvalue weighted by atomic mass is 10.2. The number of carbonyl (C=O) groups is 1. The van der Waals surface area contributed by atoms with Crippen LogP contribution in [0, 0.1) is 13.8 Å². The number of aromatic nitrogens is 3. The smallest absolute Gasteiger partial charge is 0.274 e. The Morgan fingerprint density at radius 2 is 1.96 bits per heavy atom. The van der Waals surface area contributed by atoms with Gasteiger partial charge >= 0.3 is 0 Å². The van der Waals surface area contributed by atoms with Crippen molar-refractivity contribution in [2.45, 2.75) is 26.3 Å². The van der Waals surface area contributed by atoms with E-state index in [1.54, 1.807) is 11.6 Å². The van der Waals surface area contributed by atoms with Gasteiger partial charge in [0.2, 0.25) is 0 Å². The second-order valence-electron chi connectivity index (χ2n) is 5.84. The highest BCUT2D eigenvalue weighted by Crippen LogP contribution is 2.15. The molecule has 8 heteroatoms. The molecule has 0 bridgehead atoms. The van der Waals surface area contributed by atoms with Crippen LogP contribution in [0.4, 0.5) is 0 Å². The van der Waals surface area contributed by atoms with E-state index >= 15 is 0 Å². The Balaban J connectivity index is 1.79. The maximum absolute atomic E-state index is 12.3. The van der Waals surface area contributed by atoms with E-state index in [-0.39, 0.29) is 29.1 Å². The van der Waals surface area contributed by atoms with Gasteiger partial charge in [0.1, 0.15) is 0 Å². The van der Waals surface area contributed by atoms with E-state index in [1.165, 1.54) is 0 Å². The summed E-state index contributed by atoms with van der Waals surface area (Å²) in [4.78, 5) is 12.3. The van der Waals surface area contributed by atoms with E-state index in [9.17, 15) is 13.2 Å². The van der Waals surface area contributed by atoms with Gasteiger partial charge in [-0.1, -0.05) is 22.9 Å². The Morgan fingerprint density at radius 3 is 2.57 bits per heavy atom. The molecule has 0 saturated carbocycles. The third kappa shape index (κ3) is 3.26. The number of sulfone groups is 1. The average Bonchev–Trinajstić information content (AvgIpc) is 3.02. The predicted molar refractivity (Wildman–Crippen MR) is 85.4 cm³/mol. The van der Waals surface area contributed by atoms with Crippen LogP contribution in [0.2, 0.25) is 0 Å². The summed E-state index contributed by atoms with van der Waals surface area (Å²) in [5.41, 5.74) is 2.79. The van der Waals surface area contributed by atoms with E-state index in [0.717, 1.165) is 11.3 Å². The molecule has 1 saturated heterocycles. The highest BCUT2D eigenvalue weighted by atomic mass is 32.2. The number of nitrogens with zero attached hydrogens (tertiary/aromatic N) is 3. The van der Waals surface area contributed by atoms with Gasteiger partial charge in [-0.25, -0.2) is 13.1 Å². The van der Waals surface area contributed by atoms with Crippen LogP contribution >= 0.6 is 0 Å². The fraction of sp³-hybridized carbons (Fsp3) is 0.400. The zero-order chi connectivity index (χ0) is 16.6. The van der Waals surface area contributed by atoms with Crippen molar-refractivity contribution in [3.63, 3.8) is 0 Å². The Bertz CT molecular complexity index is 840. The fourth-order valence-electron chi connectivity index (χ4n) is 2.63. The first kappa shape index (κ1) is 15.7. The number of hydrogen-bond donors (Lipinski definition) is 1. The molecule has 0 aliphatic carbocycles. The van der Waals surface area contributed by atoms with E-state index in [4.69, 9.17) is 0 Å². The van der Waals surface area contributed by atoms with Gasteiger partial charge in [0.05, 0.1) is 22.9 Å². The number of hydrogen-bond acceptors (Lipinski definition) is 5. The van der Waals surface area contributed by atoms with E-state index in [0.29, 0.717) is 12.1 Å². The Hall–Kier alpha value is -2.22. The Morgan fingerprint density at radius 1 is 1.26 bits per heavy atom. The van der Waals surface area contributed by atoms with Gasteiger partial charge in [-0.3, -0.25) is 4.79 Å². The van der Waals surface area contributed by atoms with Crippen molar-refractivity contribution < 1.29 is 13.2 Å². The van der Waals surface area contributed by atoms with Crippen molar-refractivity contribution in [1.29, 1.82) is 0 Å². The van der Waals surface area contributed by atoms with Gasteiger partial charge in [0.25, 0.3) is 5.91 Å². The zero-order valence-electron chi connectivity index (χ0n) is 13.0. The SMILES string of the molecule is Cc1ccc(-n2nnc(C(=O)N[C@@H]3CCS(=O)(=O)C3)c2C)cc1. The highest BCUT2D eigenvalue weighted by molar-refractivity contribution is 7.91. The molecule has 1 N–H and O–H groups in total. The number of amides is 1. The Labute approximate surface area is 134 Å². The molecule has 23 heavy (non-hydrogen) atoms. The summed E-state index contributed by atoms with van der Waals surface area (Å²) in [6.45, 7) is 3.76. The minimum absolute atomic E-state index is 0.0100. The van der Waals surface area contributed by atoms with Crippen molar-refractivity contribution in [3.05, 3.63) is 41.2 Å². The lowest BCUT2D eigenvalue weighted by Crippen LogP contribution is -2.36. The Kier molecular flexibility index (Phi) is 3.93. The van der Waals surface area contributed by atoms with Crippen LogP contribution in [-0.2, 0) is 9.84 Å². The maximum atomic E-state index is 12.3. The van der Waals surface area contributed by atoms with E-state index in [2.05, 4.69) is 15.6 Å². The van der Waals surface area contributed by atoms with Gasteiger partial charge < -0.3 is 5.32 Å². The number of carbonyl (C=O) groups excluding carboxylic acids is 1. The first-order valence-electron chi connectivity index (χ1n) is 7.36. The van der Waals surface area contributed by atoms with Crippen LogP contribution in [0.5, 0.6) is 0 Å². The maximum Gasteiger partial charge on any atom is 0.274 e. The first-order valence-corrected chi connectivity index (χ1v) is 9.18. The van der Waals surface area contributed by atoms with Gasteiger partial charge in [-0.2, -0.15) is 0 Å². The van der Waals surface area contributed by atoms with Gasteiger partial charge in [0.15, 0.2) is 15.5 Å². The van der Waals surface area contributed by atoms with Crippen LogP contribution in [0.25, 0.3) is 5.69 Å². The minimum Gasteiger partial charge on any atom is -0.347 e. The summed E-state index contributed by atoms with van der Waals surface area (Å²) in [6.07, 6.45) is 0.444. The van der Waals surface area contributed by atoms with Gasteiger partial charge in [0, 0.05) is 6.04 Å². The quantitative estimate of drug-likeness (QED) is 0.896. The average molecular weight is 334 g/mol. The molecule has 1 fully saturated rings.